The van der Waals surface area contributed by atoms with Crippen molar-refractivity contribution in [1.29, 1.82) is 0 Å². The lowest BCUT2D eigenvalue weighted by Gasteiger charge is -2.15. The van der Waals surface area contributed by atoms with Crippen LogP contribution in [0.3, 0.4) is 0 Å². The van der Waals surface area contributed by atoms with Gasteiger partial charge in [0, 0.05) is 25.4 Å². The molecule has 1 aromatic heterocycles. The van der Waals surface area contributed by atoms with Crippen molar-refractivity contribution in [3.63, 3.8) is 0 Å². The maximum absolute atomic E-state index is 11.4. The summed E-state index contributed by atoms with van der Waals surface area (Å²) in [5.41, 5.74) is 3.73. The van der Waals surface area contributed by atoms with E-state index >= 15 is 0 Å². The predicted octanol–water partition coefficient (Wildman–Crippen LogP) is 1.95. The van der Waals surface area contributed by atoms with Crippen molar-refractivity contribution in [2.45, 2.75) is 26.4 Å². The third-order valence-electron chi connectivity index (χ3n) is 3.23. The predicted molar refractivity (Wildman–Crippen MR) is 76.3 cm³/mol. The van der Waals surface area contributed by atoms with Gasteiger partial charge in [0.25, 0.3) is 0 Å². The number of aliphatic carboxylic acids is 1. The van der Waals surface area contributed by atoms with Gasteiger partial charge in [0.1, 0.15) is 6.04 Å². The van der Waals surface area contributed by atoms with E-state index in [1.807, 2.05) is 51.4 Å². The summed E-state index contributed by atoms with van der Waals surface area (Å²) in [4.78, 5) is 11.4. The normalized spacial score (nSPS) is 12.3. The molecule has 1 heterocycles. The van der Waals surface area contributed by atoms with E-state index in [1.165, 1.54) is 0 Å². The monoisotopic (exact) mass is 273 g/mol. The topological polar surface area (TPSA) is 67.2 Å². The number of rotatable bonds is 5. The van der Waals surface area contributed by atoms with Gasteiger partial charge in [-0.25, -0.2) is 0 Å². The average molecular weight is 273 g/mol. The summed E-state index contributed by atoms with van der Waals surface area (Å²) in [6.45, 7) is 4.34. The maximum atomic E-state index is 11.4. The van der Waals surface area contributed by atoms with Crippen molar-refractivity contribution < 1.29 is 9.90 Å². The molecule has 1 atom stereocenters. The quantitative estimate of drug-likeness (QED) is 0.874. The van der Waals surface area contributed by atoms with Gasteiger partial charge >= 0.3 is 5.97 Å². The molecule has 1 unspecified atom stereocenters. The summed E-state index contributed by atoms with van der Waals surface area (Å²) in [7, 11) is 1.85. The smallest absolute Gasteiger partial charge is 0.325 e. The van der Waals surface area contributed by atoms with E-state index in [9.17, 15) is 9.90 Å². The van der Waals surface area contributed by atoms with Gasteiger partial charge < -0.3 is 5.11 Å². The summed E-state index contributed by atoms with van der Waals surface area (Å²) in [6, 6.07) is 6.83. The Morgan fingerprint density at radius 2 is 2.20 bits per heavy atom. The number of aryl methyl sites for hydroxylation is 3. The van der Waals surface area contributed by atoms with Crippen LogP contribution in [0.1, 0.15) is 28.4 Å². The number of aromatic nitrogens is 2. The highest BCUT2D eigenvalue weighted by atomic mass is 16.4. The van der Waals surface area contributed by atoms with Crippen molar-refractivity contribution in [2.24, 2.45) is 7.05 Å². The molecule has 5 heteroatoms. The highest BCUT2D eigenvalue weighted by molar-refractivity contribution is 5.75. The highest BCUT2D eigenvalue weighted by Crippen LogP contribution is 2.16. The standard InChI is InChI=1S/C15H19N3O2/c1-10-5-4-6-12(7-10)14(15(19)20)16-8-13-9-18(3)17-11(13)2/h4-7,9,14,16H,8H2,1-3H3,(H,19,20). The molecule has 0 radical (unpaired) electrons. The summed E-state index contributed by atoms with van der Waals surface area (Å²) >= 11 is 0. The second-order valence-electron chi connectivity index (χ2n) is 4.98. The lowest BCUT2D eigenvalue weighted by atomic mass is 10.0. The molecule has 0 spiro atoms. The number of nitrogens with zero attached hydrogens (tertiary/aromatic N) is 2. The van der Waals surface area contributed by atoms with Crippen LogP contribution in [-0.4, -0.2) is 20.9 Å². The Hall–Kier alpha value is -2.14. The van der Waals surface area contributed by atoms with Gasteiger partial charge in [-0.3, -0.25) is 14.8 Å². The molecule has 2 N–H and O–H groups in total. The second-order valence-corrected chi connectivity index (χ2v) is 4.98. The highest BCUT2D eigenvalue weighted by Gasteiger charge is 2.19. The van der Waals surface area contributed by atoms with E-state index in [2.05, 4.69) is 10.4 Å². The minimum Gasteiger partial charge on any atom is -0.480 e. The number of nitrogens with one attached hydrogen (secondary N) is 1. The Bertz CT molecular complexity index is 619. The molecule has 0 fully saturated rings. The maximum Gasteiger partial charge on any atom is 0.325 e. The SMILES string of the molecule is Cc1cccc(C(NCc2cn(C)nc2C)C(=O)O)c1. The van der Waals surface area contributed by atoms with Crippen molar-refractivity contribution in [1.82, 2.24) is 15.1 Å². The molecule has 0 saturated carbocycles. The zero-order chi connectivity index (χ0) is 14.7. The molecule has 0 bridgehead atoms. The molecule has 2 rings (SSSR count). The lowest BCUT2D eigenvalue weighted by molar-refractivity contribution is -0.139. The van der Waals surface area contributed by atoms with Crippen LogP contribution in [0.5, 0.6) is 0 Å². The van der Waals surface area contributed by atoms with Crippen molar-refractivity contribution in [2.75, 3.05) is 0 Å². The van der Waals surface area contributed by atoms with Gasteiger partial charge in [-0.1, -0.05) is 29.8 Å². The molecule has 0 saturated heterocycles. The summed E-state index contributed by atoms with van der Waals surface area (Å²) in [5.74, 6) is -0.878. The number of carboxylic acid groups (broad SMARTS) is 1. The molecule has 20 heavy (non-hydrogen) atoms. The number of hydrogen-bond acceptors (Lipinski definition) is 3. The average Bonchev–Trinajstić information content (AvgIpc) is 2.68. The van der Waals surface area contributed by atoms with E-state index in [0.717, 1.165) is 22.4 Å². The molecular formula is C15H19N3O2. The third kappa shape index (κ3) is 3.24. The van der Waals surface area contributed by atoms with Crippen molar-refractivity contribution in [3.05, 3.63) is 52.8 Å². The van der Waals surface area contributed by atoms with Crippen LogP contribution in [0.2, 0.25) is 0 Å². The van der Waals surface area contributed by atoms with E-state index in [-0.39, 0.29) is 0 Å². The van der Waals surface area contributed by atoms with E-state index in [4.69, 9.17) is 0 Å². The Balaban J connectivity index is 2.15. The van der Waals surface area contributed by atoms with Crippen LogP contribution in [-0.2, 0) is 18.4 Å². The fourth-order valence-electron chi connectivity index (χ4n) is 2.23. The summed E-state index contributed by atoms with van der Waals surface area (Å²) in [6.07, 6.45) is 1.90. The van der Waals surface area contributed by atoms with E-state index in [0.29, 0.717) is 6.54 Å². The Labute approximate surface area is 118 Å². The first-order valence-electron chi connectivity index (χ1n) is 6.49. The molecule has 2 aromatic rings. The van der Waals surface area contributed by atoms with Crippen LogP contribution in [0.15, 0.2) is 30.5 Å². The van der Waals surface area contributed by atoms with Gasteiger partial charge in [0.05, 0.1) is 5.69 Å². The van der Waals surface area contributed by atoms with Gasteiger partial charge in [0.2, 0.25) is 0 Å². The molecule has 106 valence electrons. The number of benzene rings is 1. The van der Waals surface area contributed by atoms with Crippen LogP contribution < -0.4 is 5.32 Å². The van der Waals surface area contributed by atoms with Gasteiger partial charge in [0.15, 0.2) is 0 Å². The Morgan fingerprint density at radius 1 is 1.45 bits per heavy atom. The zero-order valence-corrected chi connectivity index (χ0v) is 11.9. The molecule has 0 aliphatic heterocycles. The molecule has 0 amide bonds. The van der Waals surface area contributed by atoms with Gasteiger partial charge in [-0.15, -0.1) is 0 Å². The fraction of sp³-hybridized carbons (Fsp3) is 0.333. The first-order chi connectivity index (χ1) is 9.47. The third-order valence-corrected chi connectivity index (χ3v) is 3.23. The second kappa shape index (κ2) is 5.88. The largest absolute Gasteiger partial charge is 0.480 e. The first-order valence-corrected chi connectivity index (χ1v) is 6.49. The summed E-state index contributed by atoms with van der Waals surface area (Å²) in [5, 5.41) is 16.7. The van der Waals surface area contributed by atoms with E-state index < -0.39 is 12.0 Å². The minimum atomic E-state index is -0.878. The fourth-order valence-corrected chi connectivity index (χ4v) is 2.23. The lowest BCUT2D eigenvalue weighted by Crippen LogP contribution is -2.28. The van der Waals surface area contributed by atoms with E-state index in [1.54, 1.807) is 4.68 Å². The first kappa shape index (κ1) is 14.3. The molecular weight excluding hydrogens is 254 g/mol. The number of carboxylic acids is 1. The number of hydrogen-bond donors (Lipinski definition) is 2. The molecule has 5 nitrogen and oxygen atoms in total. The van der Waals surface area contributed by atoms with Crippen molar-refractivity contribution >= 4 is 5.97 Å². The van der Waals surface area contributed by atoms with Crippen molar-refractivity contribution in [3.8, 4) is 0 Å². The molecule has 0 aliphatic rings. The Morgan fingerprint density at radius 3 is 2.75 bits per heavy atom. The van der Waals surface area contributed by atoms with Crippen LogP contribution in [0, 0.1) is 13.8 Å². The van der Waals surface area contributed by atoms with Gasteiger partial charge in [-0.2, -0.15) is 5.10 Å². The van der Waals surface area contributed by atoms with Gasteiger partial charge in [-0.05, 0) is 19.4 Å². The van der Waals surface area contributed by atoms with Crippen LogP contribution in [0.25, 0.3) is 0 Å². The Kier molecular flexibility index (Phi) is 4.20. The van der Waals surface area contributed by atoms with Crippen LogP contribution in [0.4, 0.5) is 0 Å². The summed E-state index contributed by atoms with van der Waals surface area (Å²) < 4.78 is 1.73. The zero-order valence-electron chi connectivity index (χ0n) is 11.9. The molecule has 1 aromatic carbocycles. The number of carbonyl (C=O) groups is 1. The minimum absolute atomic E-state index is 0.477. The van der Waals surface area contributed by atoms with Crippen LogP contribution >= 0.6 is 0 Å². The molecule has 0 aliphatic carbocycles.